The maximum atomic E-state index is 13.0. The summed E-state index contributed by atoms with van der Waals surface area (Å²) in [4.78, 5) is 49.7. The van der Waals surface area contributed by atoms with E-state index in [-0.39, 0.29) is 24.0 Å². The van der Waals surface area contributed by atoms with Gasteiger partial charge in [-0.05, 0) is 101 Å². The number of amides is 2. The zero-order chi connectivity index (χ0) is 31.9. The Morgan fingerprint density at radius 3 is 2.38 bits per heavy atom. The summed E-state index contributed by atoms with van der Waals surface area (Å²) in [5.41, 5.74) is 4.74. The molecule has 1 aliphatic heterocycles. The van der Waals surface area contributed by atoms with Gasteiger partial charge in [0.1, 0.15) is 17.2 Å². The summed E-state index contributed by atoms with van der Waals surface area (Å²) < 4.78 is 11.7. The number of ether oxygens (including phenoxy) is 2. The minimum atomic E-state index is -0.424. The first-order valence-corrected chi connectivity index (χ1v) is 15.1. The molecule has 0 saturated heterocycles. The van der Waals surface area contributed by atoms with Crippen molar-refractivity contribution >= 4 is 34.8 Å². The molecule has 2 amide bonds. The molecule has 0 aromatic heterocycles. The number of carbonyl (C=O) groups excluding carboxylic acids is 4. The normalized spacial score (nSPS) is 12.6. The van der Waals surface area contributed by atoms with Crippen LogP contribution in [-0.2, 0) is 27.2 Å². The lowest BCUT2D eigenvalue weighted by Gasteiger charge is -2.16. The number of carbonyl (C=O) groups is 4. The largest absolute Gasteiger partial charge is 0.508 e. The van der Waals surface area contributed by atoms with Crippen LogP contribution in [0, 0.1) is 6.92 Å². The molecule has 0 unspecified atom stereocenters. The molecule has 8 nitrogen and oxygen atoms in total. The Bertz CT molecular complexity index is 1790. The molecular formula is C37H35NO7. The zero-order valence-electron chi connectivity index (χ0n) is 25.4. The second-order valence-corrected chi connectivity index (χ2v) is 11.1. The van der Waals surface area contributed by atoms with Crippen LogP contribution >= 0.6 is 0 Å². The fraction of sp³-hybridized carbons (Fsp3) is 0.243. The van der Waals surface area contributed by atoms with Crippen LogP contribution in [0.25, 0.3) is 21.9 Å². The van der Waals surface area contributed by atoms with Crippen LogP contribution in [0.1, 0.15) is 53.2 Å². The Morgan fingerprint density at radius 1 is 0.889 bits per heavy atom. The third-order valence-electron chi connectivity index (χ3n) is 7.76. The molecule has 1 heterocycles. The van der Waals surface area contributed by atoms with E-state index in [0.717, 1.165) is 51.3 Å². The van der Waals surface area contributed by atoms with Crippen molar-refractivity contribution < 1.29 is 33.8 Å². The first-order valence-electron chi connectivity index (χ1n) is 15.1. The quantitative estimate of drug-likeness (QED) is 0.0608. The van der Waals surface area contributed by atoms with E-state index >= 15 is 0 Å². The van der Waals surface area contributed by atoms with Crippen molar-refractivity contribution in [2.24, 2.45) is 0 Å². The van der Waals surface area contributed by atoms with E-state index < -0.39 is 5.97 Å². The van der Waals surface area contributed by atoms with Crippen LogP contribution < -0.4 is 9.47 Å². The molecule has 4 aromatic carbocycles. The number of imide groups is 1. The highest BCUT2D eigenvalue weighted by Gasteiger charge is 2.22. The zero-order valence-corrected chi connectivity index (χ0v) is 25.4. The SMILES string of the molecule is CCCc1cc(-c2ccc3cc(O)ccc3c2)cc(C=O)c1OC(=O)CCc1ccc(OCCCN2C(=O)C=CC2=O)c(C)c1. The van der Waals surface area contributed by atoms with Gasteiger partial charge in [0.15, 0.2) is 6.29 Å². The summed E-state index contributed by atoms with van der Waals surface area (Å²) in [5.74, 6) is 0.178. The number of rotatable bonds is 13. The van der Waals surface area contributed by atoms with E-state index in [9.17, 15) is 24.3 Å². The van der Waals surface area contributed by atoms with E-state index in [2.05, 4.69) is 0 Å². The highest BCUT2D eigenvalue weighted by Crippen LogP contribution is 2.34. The third kappa shape index (κ3) is 7.47. The Morgan fingerprint density at radius 2 is 1.64 bits per heavy atom. The van der Waals surface area contributed by atoms with Crippen molar-refractivity contribution in [3.8, 4) is 28.4 Å². The van der Waals surface area contributed by atoms with E-state index in [0.29, 0.717) is 49.5 Å². The maximum Gasteiger partial charge on any atom is 0.311 e. The first-order chi connectivity index (χ1) is 21.7. The topological polar surface area (TPSA) is 110 Å². The van der Waals surface area contributed by atoms with E-state index in [1.807, 2.05) is 62.4 Å². The van der Waals surface area contributed by atoms with Gasteiger partial charge in [0.2, 0.25) is 0 Å². The lowest BCUT2D eigenvalue weighted by molar-refractivity contribution is -0.137. The number of phenolic OH excluding ortho intramolecular Hbond substituents is 1. The minimum absolute atomic E-state index is 0.134. The van der Waals surface area contributed by atoms with Crippen LogP contribution in [0.5, 0.6) is 17.2 Å². The highest BCUT2D eigenvalue weighted by molar-refractivity contribution is 6.12. The number of fused-ring (bicyclic) bond motifs is 1. The van der Waals surface area contributed by atoms with Gasteiger partial charge in [0.25, 0.3) is 11.8 Å². The second kappa shape index (κ2) is 14.0. The molecular weight excluding hydrogens is 570 g/mol. The average molecular weight is 606 g/mol. The van der Waals surface area contributed by atoms with Gasteiger partial charge in [-0.15, -0.1) is 0 Å². The average Bonchev–Trinajstić information content (AvgIpc) is 3.35. The highest BCUT2D eigenvalue weighted by atomic mass is 16.5. The minimum Gasteiger partial charge on any atom is -0.508 e. The van der Waals surface area contributed by atoms with Gasteiger partial charge < -0.3 is 14.6 Å². The van der Waals surface area contributed by atoms with Crippen molar-refractivity contribution in [3.05, 3.63) is 101 Å². The second-order valence-electron chi connectivity index (χ2n) is 11.1. The van der Waals surface area contributed by atoms with Gasteiger partial charge in [-0.25, -0.2) is 0 Å². The van der Waals surface area contributed by atoms with Gasteiger partial charge in [-0.1, -0.05) is 43.7 Å². The van der Waals surface area contributed by atoms with Crippen molar-refractivity contribution in [2.75, 3.05) is 13.2 Å². The number of aromatic hydroxyl groups is 1. The summed E-state index contributed by atoms with van der Waals surface area (Å²) in [7, 11) is 0. The fourth-order valence-corrected chi connectivity index (χ4v) is 5.46. The molecule has 1 N–H and O–H groups in total. The van der Waals surface area contributed by atoms with E-state index in [1.54, 1.807) is 18.2 Å². The Balaban J connectivity index is 1.21. The van der Waals surface area contributed by atoms with E-state index in [1.165, 1.54) is 17.1 Å². The molecule has 0 atom stereocenters. The Labute approximate surface area is 261 Å². The molecule has 0 spiro atoms. The van der Waals surface area contributed by atoms with Crippen LogP contribution in [0.2, 0.25) is 0 Å². The standard InChI is InChI=1S/C37H35NO7/c1-3-5-29-20-30(27-8-9-28-22-32(40)11-10-26(28)19-27)21-31(23-39)37(29)45-36(43)15-7-25-6-12-33(24(2)18-25)44-17-4-16-38-34(41)13-14-35(38)42/h6,8-14,18-23,40H,3-5,7,15-17H2,1-2H3. The summed E-state index contributed by atoms with van der Waals surface area (Å²) in [6, 6.07) is 20.5. The van der Waals surface area contributed by atoms with Crippen LogP contribution in [0.4, 0.5) is 0 Å². The fourth-order valence-electron chi connectivity index (χ4n) is 5.46. The molecule has 0 fully saturated rings. The van der Waals surface area contributed by atoms with Gasteiger partial charge in [-0.3, -0.25) is 24.1 Å². The Kier molecular flexibility index (Phi) is 9.73. The molecule has 0 bridgehead atoms. The predicted octanol–water partition coefficient (Wildman–Crippen LogP) is 6.52. The van der Waals surface area contributed by atoms with Crippen LogP contribution in [-0.4, -0.2) is 47.2 Å². The Hall–Kier alpha value is -5.24. The number of esters is 1. The van der Waals surface area contributed by atoms with E-state index in [4.69, 9.17) is 9.47 Å². The molecule has 230 valence electrons. The lowest BCUT2D eigenvalue weighted by Crippen LogP contribution is -2.31. The summed E-state index contributed by atoms with van der Waals surface area (Å²) in [6.45, 7) is 4.61. The van der Waals surface area contributed by atoms with Crippen LogP contribution in [0.15, 0.2) is 78.9 Å². The molecule has 0 radical (unpaired) electrons. The van der Waals surface area contributed by atoms with Gasteiger partial charge in [0, 0.05) is 25.1 Å². The molecule has 4 aromatic rings. The molecule has 5 rings (SSSR count). The molecule has 1 aliphatic rings. The number of aryl methyl sites for hydroxylation is 3. The smallest absolute Gasteiger partial charge is 0.311 e. The van der Waals surface area contributed by atoms with Gasteiger partial charge >= 0.3 is 5.97 Å². The number of hydrogen-bond donors (Lipinski definition) is 1. The van der Waals surface area contributed by atoms with Gasteiger partial charge in [0.05, 0.1) is 12.2 Å². The number of aldehydes is 1. The number of benzene rings is 4. The first kappa shape index (κ1) is 31.2. The monoisotopic (exact) mass is 605 g/mol. The van der Waals surface area contributed by atoms with Crippen molar-refractivity contribution in [1.82, 2.24) is 4.90 Å². The number of phenols is 1. The molecule has 45 heavy (non-hydrogen) atoms. The molecule has 0 saturated carbocycles. The molecule has 8 heteroatoms. The predicted molar refractivity (Wildman–Crippen MR) is 172 cm³/mol. The van der Waals surface area contributed by atoms with Gasteiger partial charge in [-0.2, -0.15) is 0 Å². The molecule has 0 aliphatic carbocycles. The third-order valence-corrected chi connectivity index (χ3v) is 7.76. The summed E-state index contributed by atoms with van der Waals surface area (Å²) in [5, 5.41) is 11.7. The van der Waals surface area contributed by atoms with Crippen LogP contribution in [0.3, 0.4) is 0 Å². The summed E-state index contributed by atoms with van der Waals surface area (Å²) >= 11 is 0. The van der Waals surface area contributed by atoms with Crippen molar-refractivity contribution in [3.63, 3.8) is 0 Å². The number of hydrogen-bond acceptors (Lipinski definition) is 7. The number of nitrogens with zero attached hydrogens (tertiary/aromatic N) is 1. The maximum absolute atomic E-state index is 13.0. The van der Waals surface area contributed by atoms with Crippen molar-refractivity contribution in [1.29, 1.82) is 0 Å². The lowest BCUT2D eigenvalue weighted by atomic mass is 9.95. The van der Waals surface area contributed by atoms with Crippen molar-refractivity contribution in [2.45, 2.75) is 46.0 Å². The summed E-state index contributed by atoms with van der Waals surface area (Å²) in [6.07, 6.45) is 5.82.